The highest BCUT2D eigenvalue weighted by Gasteiger charge is 2.24. The van der Waals surface area contributed by atoms with Crippen LogP contribution in [0.2, 0.25) is 0 Å². The maximum absolute atomic E-state index is 2.42. The van der Waals surface area contributed by atoms with Gasteiger partial charge >= 0.3 is 0 Å². The second-order valence-electron chi connectivity index (χ2n) is 12.5. The lowest BCUT2D eigenvalue weighted by Crippen LogP contribution is -2.11. The molecule has 0 atom stereocenters. The van der Waals surface area contributed by atoms with E-state index in [0.717, 1.165) is 22.7 Å². The highest BCUT2D eigenvalue weighted by molar-refractivity contribution is 6.16. The predicted molar refractivity (Wildman–Crippen MR) is 203 cm³/mol. The molecule has 1 aliphatic carbocycles. The summed E-state index contributed by atoms with van der Waals surface area (Å²) in [6, 6.07) is 66.2. The predicted octanol–water partition coefficient (Wildman–Crippen LogP) is 12.7. The molecular weight excluding hydrogens is 581 g/mol. The number of hydrogen-bond acceptors (Lipinski definition) is 1. The van der Waals surface area contributed by atoms with Gasteiger partial charge in [0.1, 0.15) is 0 Å². The number of para-hydroxylation sites is 3. The van der Waals surface area contributed by atoms with Crippen LogP contribution < -0.4 is 4.90 Å². The Balaban J connectivity index is 1.17. The third-order valence-electron chi connectivity index (χ3n) is 9.92. The largest absolute Gasteiger partial charge is 0.310 e. The maximum Gasteiger partial charge on any atom is 0.0541 e. The van der Waals surface area contributed by atoms with Crippen LogP contribution in [-0.2, 0) is 0 Å². The zero-order chi connectivity index (χ0) is 31.6. The number of fused-ring (bicyclic) bond motifs is 6. The molecule has 8 aromatic carbocycles. The van der Waals surface area contributed by atoms with Crippen molar-refractivity contribution in [2.24, 2.45) is 0 Å². The molecule has 0 saturated heterocycles. The lowest BCUT2D eigenvalue weighted by atomic mass is 10.00. The van der Waals surface area contributed by atoms with Gasteiger partial charge in [0.05, 0.1) is 16.7 Å². The average Bonchev–Trinajstić information content (AvgIpc) is 3.67. The Hall–Kier alpha value is -6.38. The van der Waals surface area contributed by atoms with Gasteiger partial charge in [-0.15, -0.1) is 0 Å². The van der Waals surface area contributed by atoms with Crippen LogP contribution in [0, 0.1) is 0 Å². The molecule has 0 spiro atoms. The molecule has 0 radical (unpaired) electrons. The molecule has 0 N–H and O–H groups in total. The topological polar surface area (TPSA) is 8.17 Å². The third kappa shape index (κ3) is 4.00. The van der Waals surface area contributed by atoms with Crippen LogP contribution in [0.5, 0.6) is 0 Å². The number of anilines is 3. The van der Waals surface area contributed by atoms with E-state index in [2.05, 4.69) is 191 Å². The van der Waals surface area contributed by atoms with E-state index in [-0.39, 0.29) is 0 Å². The van der Waals surface area contributed by atoms with Crippen molar-refractivity contribution in [1.29, 1.82) is 0 Å². The van der Waals surface area contributed by atoms with Gasteiger partial charge in [0, 0.05) is 33.4 Å². The van der Waals surface area contributed by atoms with Crippen LogP contribution in [0.15, 0.2) is 182 Å². The van der Waals surface area contributed by atoms with E-state index in [1.54, 1.807) is 0 Å². The fourth-order valence-corrected chi connectivity index (χ4v) is 7.83. The van der Waals surface area contributed by atoms with E-state index < -0.39 is 0 Å². The lowest BCUT2D eigenvalue weighted by Gasteiger charge is -2.28. The summed E-state index contributed by atoms with van der Waals surface area (Å²) >= 11 is 0. The molecule has 0 aliphatic heterocycles. The molecule has 1 aromatic heterocycles. The van der Waals surface area contributed by atoms with Crippen molar-refractivity contribution in [2.45, 2.75) is 0 Å². The van der Waals surface area contributed by atoms with Gasteiger partial charge in [-0.3, -0.25) is 0 Å². The molecule has 10 rings (SSSR count). The molecule has 0 saturated carbocycles. The average molecular weight is 611 g/mol. The smallest absolute Gasteiger partial charge is 0.0541 e. The monoisotopic (exact) mass is 610 g/mol. The molecule has 0 fully saturated rings. The Kier molecular flexibility index (Phi) is 5.91. The first-order chi connectivity index (χ1) is 23.8. The van der Waals surface area contributed by atoms with Crippen molar-refractivity contribution >= 4 is 49.6 Å². The highest BCUT2D eigenvalue weighted by Crippen LogP contribution is 2.50. The summed E-state index contributed by atoms with van der Waals surface area (Å²) in [5.41, 5.74) is 14.5. The Morgan fingerprint density at radius 1 is 0.375 bits per heavy atom. The van der Waals surface area contributed by atoms with Gasteiger partial charge in [-0.25, -0.2) is 0 Å². The molecule has 9 aromatic rings. The second kappa shape index (κ2) is 10.6. The van der Waals surface area contributed by atoms with Gasteiger partial charge in [-0.05, 0) is 93.2 Å². The van der Waals surface area contributed by atoms with E-state index in [1.807, 2.05) is 0 Å². The lowest BCUT2D eigenvalue weighted by molar-refractivity contribution is 1.17. The van der Waals surface area contributed by atoms with Crippen LogP contribution >= 0.6 is 0 Å². The highest BCUT2D eigenvalue weighted by atomic mass is 15.1. The van der Waals surface area contributed by atoms with Crippen LogP contribution in [0.4, 0.5) is 17.1 Å². The molecular formula is C46H30N2. The molecule has 0 amide bonds. The number of aromatic nitrogens is 1. The van der Waals surface area contributed by atoms with Gasteiger partial charge in [0.2, 0.25) is 0 Å². The summed E-state index contributed by atoms with van der Waals surface area (Å²) in [4.78, 5) is 2.42. The van der Waals surface area contributed by atoms with Gasteiger partial charge in [-0.2, -0.15) is 0 Å². The van der Waals surface area contributed by atoms with Gasteiger partial charge in [0.15, 0.2) is 0 Å². The normalized spacial score (nSPS) is 11.8. The molecule has 224 valence electrons. The van der Waals surface area contributed by atoms with E-state index in [9.17, 15) is 0 Å². The summed E-state index contributed by atoms with van der Waals surface area (Å²) in [7, 11) is 0. The van der Waals surface area contributed by atoms with Gasteiger partial charge in [-0.1, -0.05) is 127 Å². The minimum Gasteiger partial charge on any atom is -0.310 e. The van der Waals surface area contributed by atoms with E-state index >= 15 is 0 Å². The zero-order valence-corrected chi connectivity index (χ0v) is 26.2. The second-order valence-corrected chi connectivity index (χ2v) is 12.5. The summed E-state index contributed by atoms with van der Waals surface area (Å²) in [6.45, 7) is 0. The Morgan fingerprint density at radius 3 is 1.69 bits per heavy atom. The Morgan fingerprint density at radius 2 is 0.958 bits per heavy atom. The minimum absolute atomic E-state index is 1.11. The molecule has 2 heteroatoms. The van der Waals surface area contributed by atoms with Gasteiger partial charge in [0.25, 0.3) is 0 Å². The van der Waals surface area contributed by atoms with Crippen molar-refractivity contribution in [3.8, 4) is 39.1 Å². The summed E-state index contributed by atoms with van der Waals surface area (Å²) in [5, 5.41) is 5.17. The Bertz CT molecular complexity index is 2610. The molecule has 48 heavy (non-hydrogen) atoms. The Labute approximate surface area is 279 Å². The molecule has 1 aliphatic rings. The van der Waals surface area contributed by atoms with Crippen LogP contribution in [-0.4, -0.2) is 4.57 Å². The first-order valence-electron chi connectivity index (χ1n) is 16.5. The van der Waals surface area contributed by atoms with Crippen molar-refractivity contribution in [1.82, 2.24) is 4.57 Å². The fraction of sp³-hybridized carbons (Fsp3) is 0. The number of hydrogen-bond donors (Lipinski definition) is 0. The molecule has 0 unspecified atom stereocenters. The van der Waals surface area contributed by atoms with Crippen LogP contribution in [0.3, 0.4) is 0 Å². The van der Waals surface area contributed by atoms with Crippen LogP contribution in [0.25, 0.3) is 71.6 Å². The number of nitrogens with zero attached hydrogens (tertiary/aromatic N) is 2. The number of benzene rings is 8. The zero-order valence-electron chi connectivity index (χ0n) is 26.2. The summed E-state index contributed by atoms with van der Waals surface area (Å²) in [6.07, 6.45) is 0. The summed E-state index contributed by atoms with van der Waals surface area (Å²) < 4.78 is 2.38. The maximum atomic E-state index is 2.42. The standard InChI is InChI=1S/C46H30N2/c1-2-12-31(13-3-1)36-16-4-7-21-43(36)47(35-28-29-37-40-19-10-14-32-15-11-20-41(46(32)40)42(37)30-35)33-24-26-34(27-25-33)48-44-22-8-5-17-38(44)39-18-6-9-23-45(39)48/h1-30H. The molecule has 2 nitrogen and oxygen atoms in total. The van der Waals surface area contributed by atoms with E-state index in [1.165, 1.54) is 66.0 Å². The van der Waals surface area contributed by atoms with Crippen molar-refractivity contribution in [2.75, 3.05) is 4.90 Å². The third-order valence-corrected chi connectivity index (χ3v) is 9.92. The van der Waals surface area contributed by atoms with Gasteiger partial charge < -0.3 is 9.47 Å². The van der Waals surface area contributed by atoms with E-state index in [4.69, 9.17) is 0 Å². The molecule has 1 heterocycles. The first-order valence-corrected chi connectivity index (χ1v) is 16.5. The first kappa shape index (κ1) is 26.8. The SMILES string of the molecule is c1ccc(-c2ccccc2N(c2ccc(-n3c4ccccc4c4ccccc43)cc2)c2ccc3c(c2)-c2cccc4cccc-3c24)cc1. The minimum atomic E-state index is 1.11. The van der Waals surface area contributed by atoms with Crippen molar-refractivity contribution < 1.29 is 0 Å². The van der Waals surface area contributed by atoms with Crippen molar-refractivity contribution in [3.63, 3.8) is 0 Å². The quantitative estimate of drug-likeness (QED) is 0.188. The van der Waals surface area contributed by atoms with Crippen molar-refractivity contribution in [3.05, 3.63) is 182 Å². The molecule has 0 bridgehead atoms. The summed E-state index contributed by atoms with van der Waals surface area (Å²) in [5.74, 6) is 0. The number of rotatable bonds is 5. The van der Waals surface area contributed by atoms with E-state index in [0.29, 0.717) is 0 Å². The fourth-order valence-electron chi connectivity index (χ4n) is 7.83. The van der Waals surface area contributed by atoms with Crippen LogP contribution in [0.1, 0.15) is 0 Å².